The molecule has 4 rings (SSSR count). The average molecular weight is 664 g/mol. The summed E-state index contributed by atoms with van der Waals surface area (Å²) in [5.74, 6) is -2.80. The van der Waals surface area contributed by atoms with Crippen LogP contribution in [-0.2, 0) is 9.59 Å². The van der Waals surface area contributed by atoms with E-state index < -0.39 is 47.9 Å². The monoisotopic (exact) mass is 663 g/mol. The lowest BCUT2D eigenvalue weighted by atomic mass is 9.90. The number of anilines is 1. The van der Waals surface area contributed by atoms with E-state index in [1.807, 2.05) is 19.9 Å². The highest BCUT2D eigenvalue weighted by molar-refractivity contribution is 5.96. The molecule has 258 valence electrons. The van der Waals surface area contributed by atoms with E-state index in [-0.39, 0.29) is 29.2 Å². The summed E-state index contributed by atoms with van der Waals surface area (Å²) in [4.78, 5) is 48.4. The second kappa shape index (κ2) is 15.7. The topological polar surface area (TPSA) is 115 Å². The number of aryl methyl sites for hydroxylation is 3. The van der Waals surface area contributed by atoms with E-state index in [1.165, 1.54) is 18.2 Å². The van der Waals surface area contributed by atoms with E-state index in [4.69, 9.17) is 0 Å². The Labute approximate surface area is 281 Å². The van der Waals surface area contributed by atoms with E-state index in [0.717, 1.165) is 26.2 Å². The number of aliphatic carboxylic acids is 1. The van der Waals surface area contributed by atoms with Gasteiger partial charge in [-0.3, -0.25) is 19.3 Å². The molecule has 1 aliphatic rings. The fraction of sp³-hybridized carbons (Fsp3) is 0.459. The first-order valence-corrected chi connectivity index (χ1v) is 16.5. The van der Waals surface area contributed by atoms with Gasteiger partial charge in [0.05, 0.1) is 12.5 Å². The third-order valence-electron chi connectivity index (χ3n) is 8.80. The SMILES string of the molecule is Cc1cc(-c2c(C)cc(F)cc2C)cc([C@H](CC(=O)O)NC(=O)[C@H](CC(C)C)NC(=O)c2cccc(N3CCN(C(C)C)CC3)n2)c1F. The number of benzene rings is 2. The number of carboxylic acids is 1. The first kappa shape index (κ1) is 36.5. The maximum absolute atomic E-state index is 15.7. The quantitative estimate of drug-likeness (QED) is 0.219. The second-order valence-electron chi connectivity index (χ2n) is 13.4. The van der Waals surface area contributed by atoms with Crippen LogP contribution in [0.3, 0.4) is 0 Å². The molecule has 1 fully saturated rings. The largest absolute Gasteiger partial charge is 0.481 e. The predicted molar refractivity (Wildman–Crippen MR) is 183 cm³/mol. The maximum atomic E-state index is 15.7. The van der Waals surface area contributed by atoms with Crippen molar-refractivity contribution in [2.45, 2.75) is 79.4 Å². The van der Waals surface area contributed by atoms with Crippen LogP contribution >= 0.6 is 0 Å². The minimum Gasteiger partial charge on any atom is -0.481 e. The molecule has 0 spiro atoms. The summed E-state index contributed by atoms with van der Waals surface area (Å²) in [5, 5.41) is 15.3. The number of hydrogen-bond donors (Lipinski definition) is 3. The second-order valence-corrected chi connectivity index (χ2v) is 13.4. The molecule has 2 amide bonds. The van der Waals surface area contributed by atoms with E-state index in [1.54, 1.807) is 39.0 Å². The van der Waals surface area contributed by atoms with Crippen molar-refractivity contribution in [1.29, 1.82) is 0 Å². The summed E-state index contributed by atoms with van der Waals surface area (Å²) in [7, 11) is 0. The summed E-state index contributed by atoms with van der Waals surface area (Å²) in [6.45, 7) is 16.5. The van der Waals surface area contributed by atoms with E-state index in [2.05, 4.69) is 39.3 Å². The third-order valence-corrected chi connectivity index (χ3v) is 8.80. The van der Waals surface area contributed by atoms with Gasteiger partial charge in [0, 0.05) is 37.8 Å². The number of rotatable bonds is 12. The molecule has 3 aromatic rings. The van der Waals surface area contributed by atoms with Crippen molar-refractivity contribution in [2.75, 3.05) is 31.1 Å². The van der Waals surface area contributed by atoms with Crippen LogP contribution in [-0.4, -0.2) is 71.0 Å². The molecule has 1 aliphatic heterocycles. The molecule has 0 aliphatic carbocycles. The van der Waals surface area contributed by atoms with Gasteiger partial charge in [0.2, 0.25) is 5.91 Å². The van der Waals surface area contributed by atoms with Crippen LogP contribution in [0.15, 0.2) is 42.5 Å². The Hall–Kier alpha value is -4.38. The number of halogens is 2. The van der Waals surface area contributed by atoms with Gasteiger partial charge >= 0.3 is 5.97 Å². The Morgan fingerprint density at radius 3 is 2.12 bits per heavy atom. The van der Waals surface area contributed by atoms with Crippen molar-refractivity contribution in [3.8, 4) is 11.1 Å². The molecule has 0 radical (unpaired) electrons. The summed E-state index contributed by atoms with van der Waals surface area (Å²) < 4.78 is 29.8. The van der Waals surface area contributed by atoms with Gasteiger partial charge < -0.3 is 20.6 Å². The zero-order valence-corrected chi connectivity index (χ0v) is 28.9. The van der Waals surface area contributed by atoms with Gasteiger partial charge in [-0.2, -0.15) is 0 Å². The van der Waals surface area contributed by atoms with Gasteiger partial charge in [0.25, 0.3) is 5.91 Å². The van der Waals surface area contributed by atoms with Gasteiger partial charge in [-0.1, -0.05) is 19.9 Å². The highest BCUT2D eigenvalue weighted by Crippen LogP contribution is 2.34. The molecule has 1 aromatic heterocycles. The van der Waals surface area contributed by atoms with Crippen molar-refractivity contribution < 1.29 is 28.3 Å². The molecule has 3 N–H and O–H groups in total. The molecule has 1 saturated heterocycles. The van der Waals surface area contributed by atoms with E-state index in [0.29, 0.717) is 34.1 Å². The van der Waals surface area contributed by atoms with Crippen LogP contribution in [0, 0.1) is 38.3 Å². The fourth-order valence-corrected chi connectivity index (χ4v) is 6.37. The molecule has 0 unspecified atom stereocenters. The average Bonchev–Trinajstić information content (AvgIpc) is 3.01. The highest BCUT2D eigenvalue weighted by Gasteiger charge is 2.29. The van der Waals surface area contributed by atoms with Crippen LogP contribution in [0.4, 0.5) is 14.6 Å². The number of nitrogens with one attached hydrogen (secondary N) is 2. The van der Waals surface area contributed by atoms with Crippen LogP contribution in [0.2, 0.25) is 0 Å². The Kier molecular flexibility index (Phi) is 11.9. The van der Waals surface area contributed by atoms with Crippen molar-refractivity contribution in [2.24, 2.45) is 5.92 Å². The van der Waals surface area contributed by atoms with Gasteiger partial charge in [-0.25, -0.2) is 13.8 Å². The zero-order valence-electron chi connectivity index (χ0n) is 28.9. The molecular formula is C37H47F2N5O4. The van der Waals surface area contributed by atoms with Crippen molar-refractivity contribution in [3.63, 3.8) is 0 Å². The normalized spacial score (nSPS) is 15.0. The number of carbonyl (C=O) groups is 3. The van der Waals surface area contributed by atoms with Gasteiger partial charge in [0.15, 0.2) is 0 Å². The van der Waals surface area contributed by atoms with E-state index >= 15 is 4.39 Å². The number of piperazine rings is 1. The lowest BCUT2D eigenvalue weighted by Gasteiger charge is -2.37. The van der Waals surface area contributed by atoms with Crippen LogP contribution in [0.25, 0.3) is 11.1 Å². The molecule has 0 saturated carbocycles. The molecule has 0 bridgehead atoms. The predicted octanol–water partition coefficient (Wildman–Crippen LogP) is 5.96. The number of aromatic nitrogens is 1. The minimum atomic E-state index is -1.24. The molecular weight excluding hydrogens is 616 g/mol. The number of pyridine rings is 1. The lowest BCUT2D eigenvalue weighted by molar-refractivity contribution is -0.137. The van der Waals surface area contributed by atoms with Gasteiger partial charge in [-0.15, -0.1) is 0 Å². The molecule has 9 nitrogen and oxygen atoms in total. The molecule has 11 heteroatoms. The third kappa shape index (κ3) is 8.94. The standard InChI is InChI=1S/C37H47F2N5O4/c1-21(2)15-31(42-36(47)29-9-8-10-32(40-29)44-13-11-43(12-14-44)22(3)4)37(48)41-30(20-33(45)46)28-19-26(16-25(7)35(28)39)34-23(5)17-27(38)18-24(34)6/h8-10,16-19,21-22,30-31H,11-15,20H2,1-7H3,(H,41,48)(H,42,47)(H,45,46)/t30-,31-/m0/s1. The Balaban J connectivity index is 1.59. The van der Waals surface area contributed by atoms with Crippen LogP contribution < -0.4 is 15.5 Å². The fourth-order valence-electron chi connectivity index (χ4n) is 6.37. The zero-order chi connectivity index (χ0) is 35.3. The number of carbonyl (C=O) groups excluding carboxylic acids is 2. The number of nitrogens with zero attached hydrogens (tertiary/aromatic N) is 3. The lowest BCUT2D eigenvalue weighted by Crippen LogP contribution is -2.49. The minimum absolute atomic E-state index is 0.00886. The Morgan fingerprint density at radius 2 is 1.54 bits per heavy atom. The smallest absolute Gasteiger partial charge is 0.305 e. The summed E-state index contributed by atoms with van der Waals surface area (Å²) in [6.07, 6.45) is -0.341. The van der Waals surface area contributed by atoms with Crippen molar-refractivity contribution in [3.05, 3.63) is 82.0 Å². The Bertz CT molecular complexity index is 1630. The number of amides is 2. The first-order chi connectivity index (χ1) is 22.6. The van der Waals surface area contributed by atoms with Crippen molar-refractivity contribution in [1.82, 2.24) is 20.5 Å². The van der Waals surface area contributed by atoms with Crippen LogP contribution in [0.1, 0.15) is 79.3 Å². The molecule has 2 heterocycles. The first-order valence-electron chi connectivity index (χ1n) is 16.5. The number of carboxylic acid groups (broad SMARTS) is 1. The molecule has 2 atom stereocenters. The summed E-state index contributed by atoms with van der Waals surface area (Å²) in [6, 6.07) is 9.27. The highest BCUT2D eigenvalue weighted by atomic mass is 19.1. The van der Waals surface area contributed by atoms with Gasteiger partial charge in [0.1, 0.15) is 29.2 Å². The molecule has 2 aromatic carbocycles. The van der Waals surface area contributed by atoms with E-state index in [9.17, 15) is 23.9 Å². The molecule has 48 heavy (non-hydrogen) atoms. The number of hydrogen-bond acceptors (Lipinski definition) is 6. The van der Waals surface area contributed by atoms with Gasteiger partial charge in [-0.05, 0) is 111 Å². The van der Waals surface area contributed by atoms with Crippen LogP contribution in [0.5, 0.6) is 0 Å². The van der Waals surface area contributed by atoms with Crippen molar-refractivity contribution >= 4 is 23.6 Å². The summed E-state index contributed by atoms with van der Waals surface area (Å²) in [5.41, 5.74) is 2.94. The summed E-state index contributed by atoms with van der Waals surface area (Å²) >= 11 is 0. The Morgan fingerprint density at radius 1 is 0.896 bits per heavy atom. The maximum Gasteiger partial charge on any atom is 0.305 e.